The highest BCUT2D eigenvalue weighted by molar-refractivity contribution is 8.13. The second kappa shape index (κ2) is 5.31. The van der Waals surface area contributed by atoms with Gasteiger partial charge in [-0.15, -0.1) is 0 Å². The Morgan fingerprint density at radius 2 is 2.05 bits per heavy atom. The van der Waals surface area contributed by atoms with Gasteiger partial charge in [-0.05, 0) is 38.0 Å². The monoisotopic (exact) mass is 321 g/mol. The highest BCUT2D eigenvalue weighted by Gasteiger charge is 2.27. The molecule has 0 saturated carbocycles. The molecule has 1 aliphatic heterocycles. The zero-order valence-electron chi connectivity index (χ0n) is 10.3. The van der Waals surface area contributed by atoms with Crippen LogP contribution in [0.1, 0.15) is 30.1 Å². The summed E-state index contributed by atoms with van der Waals surface area (Å²) in [5.74, 6) is -0.214. The molecule has 1 amide bonds. The first kappa shape index (κ1) is 14.6. The van der Waals surface area contributed by atoms with Crippen LogP contribution < -0.4 is 0 Å². The molecule has 1 aromatic carbocycles. The van der Waals surface area contributed by atoms with E-state index < -0.39 is 9.05 Å². The van der Waals surface area contributed by atoms with Gasteiger partial charge in [0.1, 0.15) is 0 Å². The Labute approximate surface area is 121 Å². The van der Waals surface area contributed by atoms with E-state index in [0.717, 1.165) is 12.8 Å². The Morgan fingerprint density at radius 3 is 2.58 bits per heavy atom. The standard InChI is InChI=1S/C12H13Cl2NO3S/c1-8-3-2-4-15(8)12(16)9-5-10(13)7-11(6-9)19(14,17)18/h5-8H,2-4H2,1H3. The van der Waals surface area contributed by atoms with Crippen molar-refractivity contribution in [3.8, 4) is 0 Å². The van der Waals surface area contributed by atoms with E-state index in [-0.39, 0.29) is 27.4 Å². The van der Waals surface area contributed by atoms with Gasteiger partial charge in [0.15, 0.2) is 0 Å². The lowest BCUT2D eigenvalue weighted by atomic mass is 10.2. The molecule has 104 valence electrons. The summed E-state index contributed by atoms with van der Waals surface area (Å²) in [5.41, 5.74) is 0.250. The van der Waals surface area contributed by atoms with Gasteiger partial charge in [-0.1, -0.05) is 11.6 Å². The lowest BCUT2D eigenvalue weighted by Crippen LogP contribution is -2.33. The van der Waals surface area contributed by atoms with Crippen LogP contribution in [0, 0.1) is 0 Å². The Morgan fingerprint density at radius 1 is 1.37 bits per heavy atom. The molecule has 1 atom stereocenters. The van der Waals surface area contributed by atoms with Crippen molar-refractivity contribution in [3.63, 3.8) is 0 Å². The van der Waals surface area contributed by atoms with Crippen molar-refractivity contribution >= 4 is 37.2 Å². The minimum absolute atomic E-state index is 0.155. The Kier molecular flexibility index (Phi) is 4.08. The van der Waals surface area contributed by atoms with Crippen LogP contribution in [0.3, 0.4) is 0 Å². The van der Waals surface area contributed by atoms with Gasteiger partial charge in [0.05, 0.1) is 4.90 Å². The predicted molar refractivity (Wildman–Crippen MR) is 74.2 cm³/mol. The van der Waals surface area contributed by atoms with Gasteiger partial charge in [0.25, 0.3) is 15.0 Å². The number of halogens is 2. The molecular weight excluding hydrogens is 309 g/mol. The number of hydrogen-bond acceptors (Lipinski definition) is 3. The van der Waals surface area contributed by atoms with Gasteiger partial charge in [0.2, 0.25) is 0 Å². The lowest BCUT2D eigenvalue weighted by Gasteiger charge is -2.21. The van der Waals surface area contributed by atoms with Gasteiger partial charge in [-0.3, -0.25) is 4.79 Å². The van der Waals surface area contributed by atoms with Crippen LogP contribution in [0.25, 0.3) is 0 Å². The molecule has 2 rings (SSSR count). The van der Waals surface area contributed by atoms with Crippen molar-refractivity contribution in [1.82, 2.24) is 4.90 Å². The number of carbonyl (C=O) groups excluding carboxylic acids is 1. The van der Waals surface area contributed by atoms with Gasteiger partial charge in [-0.25, -0.2) is 8.42 Å². The minimum Gasteiger partial charge on any atom is -0.336 e. The molecule has 0 bridgehead atoms. The number of benzene rings is 1. The minimum atomic E-state index is -3.90. The fourth-order valence-corrected chi connectivity index (χ4v) is 3.33. The fourth-order valence-electron chi connectivity index (χ4n) is 2.23. The van der Waals surface area contributed by atoms with Crippen LogP contribution in [0.5, 0.6) is 0 Å². The summed E-state index contributed by atoms with van der Waals surface area (Å²) in [4.78, 5) is 13.9. The average molecular weight is 322 g/mol. The molecule has 19 heavy (non-hydrogen) atoms. The van der Waals surface area contributed by atoms with Crippen LogP contribution in [-0.2, 0) is 9.05 Å². The lowest BCUT2D eigenvalue weighted by molar-refractivity contribution is 0.0747. The molecule has 1 saturated heterocycles. The number of rotatable bonds is 2. The van der Waals surface area contributed by atoms with Gasteiger partial charge in [0, 0.05) is 33.9 Å². The number of hydrogen-bond donors (Lipinski definition) is 0. The van der Waals surface area contributed by atoms with E-state index in [1.165, 1.54) is 18.2 Å². The highest BCUT2D eigenvalue weighted by Crippen LogP contribution is 2.25. The summed E-state index contributed by atoms with van der Waals surface area (Å²) in [6.45, 7) is 2.64. The molecule has 1 aromatic rings. The third kappa shape index (κ3) is 3.22. The van der Waals surface area contributed by atoms with Crippen molar-refractivity contribution in [2.45, 2.75) is 30.7 Å². The normalized spacial score (nSPS) is 19.7. The van der Waals surface area contributed by atoms with Crippen LogP contribution in [0.4, 0.5) is 0 Å². The second-order valence-electron chi connectivity index (χ2n) is 4.60. The Bertz CT molecular complexity index is 615. The molecular formula is C12H13Cl2NO3S. The van der Waals surface area contributed by atoms with Crippen molar-refractivity contribution in [2.75, 3.05) is 6.54 Å². The average Bonchev–Trinajstić information content (AvgIpc) is 2.72. The van der Waals surface area contributed by atoms with E-state index in [1.807, 2.05) is 6.92 Å². The molecule has 0 aromatic heterocycles. The van der Waals surface area contributed by atoms with E-state index in [0.29, 0.717) is 6.54 Å². The Balaban J connectivity index is 2.40. The van der Waals surface area contributed by atoms with E-state index in [1.54, 1.807) is 4.90 Å². The summed E-state index contributed by atoms with van der Waals surface area (Å²) in [7, 11) is 1.38. The molecule has 0 radical (unpaired) electrons. The van der Waals surface area contributed by atoms with Crippen LogP contribution in [-0.4, -0.2) is 31.8 Å². The quantitative estimate of drug-likeness (QED) is 0.787. The maximum absolute atomic E-state index is 12.3. The summed E-state index contributed by atoms with van der Waals surface area (Å²) in [6, 6.07) is 4.11. The molecule has 7 heteroatoms. The number of nitrogens with zero attached hydrogens (tertiary/aromatic N) is 1. The first-order valence-corrected chi connectivity index (χ1v) is 8.54. The molecule has 4 nitrogen and oxygen atoms in total. The molecule has 0 spiro atoms. The smallest absolute Gasteiger partial charge is 0.261 e. The largest absolute Gasteiger partial charge is 0.336 e. The van der Waals surface area contributed by atoms with Crippen molar-refractivity contribution in [1.29, 1.82) is 0 Å². The number of likely N-dealkylation sites (tertiary alicyclic amines) is 1. The van der Waals surface area contributed by atoms with E-state index in [9.17, 15) is 13.2 Å². The van der Waals surface area contributed by atoms with Gasteiger partial charge >= 0.3 is 0 Å². The predicted octanol–water partition coefficient (Wildman–Crippen LogP) is 2.89. The molecule has 1 heterocycles. The van der Waals surface area contributed by atoms with Crippen molar-refractivity contribution in [2.24, 2.45) is 0 Å². The first-order valence-electron chi connectivity index (χ1n) is 5.85. The SMILES string of the molecule is CC1CCCN1C(=O)c1cc(Cl)cc(S(=O)(=O)Cl)c1. The molecule has 0 N–H and O–H groups in total. The highest BCUT2D eigenvalue weighted by atomic mass is 35.7. The van der Waals surface area contributed by atoms with E-state index in [2.05, 4.69) is 0 Å². The van der Waals surface area contributed by atoms with E-state index in [4.69, 9.17) is 22.3 Å². The van der Waals surface area contributed by atoms with E-state index >= 15 is 0 Å². The summed E-state index contributed by atoms with van der Waals surface area (Å²) >= 11 is 5.85. The maximum atomic E-state index is 12.3. The van der Waals surface area contributed by atoms with Crippen LogP contribution >= 0.6 is 22.3 Å². The van der Waals surface area contributed by atoms with Crippen molar-refractivity contribution < 1.29 is 13.2 Å². The van der Waals surface area contributed by atoms with Crippen molar-refractivity contribution in [3.05, 3.63) is 28.8 Å². The molecule has 1 aliphatic rings. The Hall–Kier alpha value is -0.780. The number of amides is 1. The fraction of sp³-hybridized carbons (Fsp3) is 0.417. The summed E-state index contributed by atoms with van der Waals surface area (Å²) < 4.78 is 22.7. The molecule has 1 unspecified atom stereocenters. The zero-order valence-corrected chi connectivity index (χ0v) is 12.6. The van der Waals surface area contributed by atoms with Gasteiger partial charge in [-0.2, -0.15) is 0 Å². The zero-order chi connectivity index (χ0) is 14.2. The van der Waals surface area contributed by atoms with Crippen LogP contribution in [0.15, 0.2) is 23.1 Å². The third-order valence-corrected chi connectivity index (χ3v) is 4.77. The summed E-state index contributed by atoms with van der Waals surface area (Å²) in [5, 5.41) is 0.178. The first-order chi connectivity index (χ1) is 8.79. The second-order valence-corrected chi connectivity index (χ2v) is 7.61. The summed E-state index contributed by atoms with van der Waals surface area (Å²) in [6.07, 6.45) is 1.90. The maximum Gasteiger partial charge on any atom is 0.261 e. The number of carbonyl (C=O) groups is 1. The third-order valence-electron chi connectivity index (χ3n) is 3.21. The van der Waals surface area contributed by atoms with Gasteiger partial charge < -0.3 is 4.90 Å². The topological polar surface area (TPSA) is 54.5 Å². The molecule has 1 fully saturated rings. The van der Waals surface area contributed by atoms with Crippen LogP contribution in [0.2, 0.25) is 5.02 Å². The molecule has 0 aliphatic carbocycles.